The average molecular weight is 183 g/mol. The molecule has 1 fully saturated rings. The van der Waals surface area contributed by atoms with Gasteiger partial charge >= 0.3 is 6.47 Å². The predicted molar refractivity (Wildman–Crippen MR) is 52.0 cm³/mol. The molecule has 1 atom stereocenters. The summed E-state index contributed by atoms with van der Waals surface area (Å²) in [6.45, 7) is 5.72. The Morgan fingerprint density at radius 1 is 1.38 bits per heavy atom. The maximum absolute atomic E-state index is 10.3. The minimum absolute atomic E-state index is 0.262. The summed E-state index contributed by atoms with van der Waals surface area (Å²) in [6.07, 6.45) is 7.19. The second-order valence-corrected chi connectivity index (χ2v) is 4.19. The first-order valence-electron chi connectivity index (χ1n) is 5.28. The van der Waals surface area contributed by atoms with Crippen molar-refractivity contribution in [3.05, 3.63) is 0 Å². The van der Waals surface area contributed by atoms with E-state index in [1.807, 2.05) is 6.92 Å². The molecule has 13 heavy (non-hydrogen) atoms. The molecule has 0 saturated heterocycles. The lowest BCUT2D eigenvalue weighted by Crippen LogP contribution is -2.38. The Morgan fingerprint density at radius 2 is 2.00 bits per heavy atom. The van der Waals surface area contributed by atoms with Gasteiger partial charge in [0.1, 0.15) is 5.60 Å². The summed E-state index contributed by atoms with van der Waals surface area (Å²) in [5, 5.41) is 0. The van der Waals surface area contributed by atoms with Crippen LogP contribution in [0.1, 0.15) is 52.4 Å². The number of hydrogen-bond donors (Lipinski definition) is 0. The van der Waals surface area contributed by atoms with E-state index in [9.17, 15) is 4.79 Å². The van der Waals surface area contributed by atoms with Crippen molar-refractivity contribution in [2.75, 3.05) is 0 Å². The van der Waals surface area contributed by atoms with E-state index in [1.54, 1.807) is 6.47 Å². The molecule has 0 aliphatic heterocycles. The Morgan fingerprint density at radius 3 is 2.46 bits per heavy atom. The zero-order valence-corrected chi connectivity index (χ0v) is 8.64. The van der Waals surface area contributed by atoms with Crippen LogP contribution in [0.2, 0.25) is 0 Å². The predicted octanol–water partition coefficient (Wildman–Crippen LogP) is 2.82. The minimum Gasteiger partial charge on any atom is -0.451 e. The van der Waals surface area contributed by atoms with Crippen molar-refractivity contribution in [3.8, 4) is 0 Å². The van der Waals surface area contributed by atoms with Gasteiger partial charge < -0.3 is 4.74 Å². The first-order valence-corrected chi connectivity index (χ1v) is 5.28. The van der Waals surface area contributed by atoms with Crippen molar-refractivity contribution in [2.45, 2.75) is 58.0 Å². The van der Waals surface area contributed by atoms with Crippen LogP contribution in [0, 0.1) is 5.92 Å². The summed E-state index contributed by atoms with van der Waals surface area (Å²) >= 11 is 0. The van der Waals surface area contributed by atoms with Gasteiger partial charge in [0.15, 0.2) is 0 Å². The van der Waals surface area contributed by atoms with Crippen molar-refractivity contribution in [1.82, 2.24) is 0 Å². The van der Waals surface area contributed by atoms with Gasteiger partial charge in [-0.3, -0.25) is 0 Å². The Labute approximate surface area is 80.7 Å². The Kier molecular flexibility index (Phi) is 3.76. The summed E-state index contributed by atoms with van der Waals surface area (Å²) in [6, 6.07) is 0. The molecule has 1 aliphatic rings. The highest BCUT2D eigenvalue weighted by Crippen LogP contribution is 2.36. The smallest absolute Gasteiger partial charge is 0.418 e. The molecule has 0 aromatic heterocycles. The van der Waals surface area contributed by atoms with Crippen molar-refractivity contribution >= 4 is 6.47 Å². The van der Waals surface area contributed by atoms with E-state index in [-0.39, 0.29) is 5.60 Å². The molecule has 2 nitrogen and oxygen atoms in total. The van der Waals surface area contributed by atoms with Gasteiger partial charge in [0.25, 0.3) is 0 Å². The van der Waals surface area contributed by atoms with Crippen LogP contribution in [0.5, 0.6) is 0 Å². The number of carbonyl (C=O) groups excluding carboxylic acids is 1. The molecule has 1 unspecified atom stereocenters. The molecule has 0 bridgehead atoms. The van der Waals surface area contributed by atoms with Gasteiger partial charge in [0.2, 0.25) is 0 Å². The molecule has 0 amide bonds. The molecule has 0 heterocycles. The van der Waals surface area contributed by atoms with Crippen LogP contribution in [-0.4, -0.2) is 12.1 Å². The third-order valence-electron chi connectivity index (χ3n) is 3.45. The average Bonchev–Trinajstić information content (AvgIpc) is 2.19. The highest BCUT2D eigenvalue weighted by molar-refractivity contribution is 5.39. The van der Waals surface area contributed by atoms with Crippen LogP contribution in [0.15, 0.2) is 0 Å². The summed E-state index contributed by atoms with van der Waals surface area (Å²) in [5.74, 6) is 0.549. The molecule has 1 rings (SSSR count). The second-order valence-electron chi connectivity index (χ2n) is 4.19. The van der Waals surface area contributed by atoms with Crippen LogP contribution in [0.25, 0.3) is 0 Å². The molecule has 1 aliphatic carbocycles. The van der Waals surface area contributed by atoms with Crippen LogP contribution in [-0.2, 0) is 9.53 Å². The summed E-state index contributed by atoms with van der Waals surface area (Å²) < 4.78 is 5.11. The highest BCUT2D eigenvalue weighted by Gasteiger charge is 2.35. The molecule has 0 aromatic carbocycles. The molecule has 1 radical (unpaired) electrons. The highest BCUT2D eigenvalue weighted by atomic mass is 16.5. The molecule has 0 spiro atoms. The lowest BCUT2D eigenvalue weighted by atomic mass is 9.76. The van der Waals surface area contributed by atoms with E-state index in [0.29, 0.717) is 5.92 Å². The number of hydrogen-bond acceptors (Lipinski definition) is 2. The maximum Gasteiger partial charge on any atom is 0.418 e. The van der Waals surface area contributed by atoms with E-state index < -0.39 is 0 Å². The fraction of sp³-hybridized carbons (Fsp3) is 0.909. The Balaban J connectivity index is 2.56. The third kappa shape index (κ3) is 2.45. The lowest BCUT2D eigenvalue weighted by Gasteiger charge is -2.37. The first kappa shape index (κ1) is 10.6. The van der Waals surface area contributed by atoms with E-state index in [2.05, 4.69) is 6.92 Å². The van der Waals surface area contributed by atoms with Gasteiger partial charge in [-0.05, 0) is 32.1 Å². The van der Waals surface area contributed by atoms with Gasteiger partial charge in [-0.15, -0.1) is 0 Å². The van der Waals surface area contributed by atoms with Crippen LogP contribution < -0.4 is 0 Å². The van der Waals surface area contributed by atoms with E-state index in [0.717, 1.165) is 6.42 Å². The fourth-order valence-corrected chi connectivity index (χ4v) is 2.25. The monoisotopic (exact) mass is 183 g/mol. The molecular formula is C11H19O2. The second kappa shape index (κ2) is 4.64. The van der Waals surface area contributed by atoms with E-state index in [4.69, 9.17) is 4.74 Å². The van der Waals surface area contributed by atoms with Gasteiger partial charge in [0, 0.05) is 0 Å². The number of ether oxygens (including phenoxy) is 1. The molecular weight excluding hydrogens is 164 g/mol. The molecule has 0 N–H and O–H groups in total. The maximum atomic E-state index is 10.3. The van der Waals surface area contributed by atoms with E-state index >= 15 is 0 Å². The van der Waals surface area contributed by atoms with Gasteiger partial charge in [-0.25, -0.2) is 4.79 Å². The van der Waals surface area contributed by atoms with Crippen LogP contribution in [0.4, 0.5) is 0 Å². The van der Waals surface area contributed by atoms with Crippen LogP contribution in [0.3, 0.4) is 0 Å². The summed E-state index contributed by atoms with van der Waals surface area (Å²) in [5.41, 5.74) is -0.262. The van der Waals surface area contributed by atoms with Gasteiger partial charge in [-0.2, -0.15) is 0 Å². The first-order chi connectivity index (χ1) is 6.23. The molecule has 1 saturated carbocycles. The lowest BCUT2D eigenvalue weighted by molar-refractivity contribution is -0.00861. The number of rotatable bonds is 4. The molecule has 0 aromatic rings. The van der Waals surface area contributed by atoms with Crippen molar-refractivity contribution in [1.29, 1.82) is 0 Å². The normalized spacial score (nSPS) is 23.5. The zero-order chi connectivity index (χ0) is 9.73. The Hall–Kier alpha value is -0.530. The summed E-state index contributed by atoms with van der Waals surface area (Å²) in [4.78, 5) is 10.3. The van der Waals surface area contributed by atoms with Crippen molar-refractivity contribution in [2.24, 2.45) is 5.92 Å². The zero-order valence-electron chi connectivity index (χ0n) is 8.64. The largest absolute Gasteiger partial charge is 0.451 e. The SMILES string of the molecule is CCC(C)(O[C]=O)C1CCCCC1. The third-order valence-corrected chi connectivity index (χ3v) is 3.45. The molecule has 75 valence electrons. The van der Waals surface area contributed by atoms with Gasteiger partial charge in [-0.1, -0.05) is 26.2 Å². The van der Waals surface area contributed by atoms with E-state index in [1.165, 1.54) is 32.1 Å². The van der Waals surface area contributed by atoms with Crippen LogP contribution >= 0.6 is 0 Å². The molecule has 2 heteroatoms. The topological polar surface area (TPSA) is 26.3 Å². The standard InChI is InChI=1S/C11H19O2/c1-3-11(2,13-9-12)10-7-5-4-6-8-10/h10H,3-8H2,1-2H3. The van der Waals surface area contributed by atoms with Crippen molar-refractivity contribution in [3.63, 3.8) is 0 Å². The summed E-state index contributed by atoms with van der Waals surface area (Å²) in [7, 11) is 0. The van der Waals surface area contributed by atoms with Crippen molar-refractivity contribution < 1.29 is 9.53 Å². The van der Waals surface area contributed by atoms with Gasteiger partial charge in [0.05, 0.1) is 0 Å². The minimum atomic E-state index is -0.262. The fourth-order valence-electron chi connectivity index (χ4n) is 2.25. The quantitative estimate of drug-likeness (QED) is 0.670. The Bertz CT molecular complexity index is 161.